The van der Waals surface area contributed by atoms with Crippen molar-refractivity contribution in [2.45, 2.75) is 5.37 Å². The second-order valence-corrected chi connectivity index (χ2v) is 6.56. The Morgan fingerprint density at radius 2 is 1.91 bits per heavy atom. The van der Waals surface area contributed by atoms with Gasteiger partial charge in [-0.1, -0.05) is 0 Å². The maximum atomic E-state index is 13.0. The Kier molecular flexibility index (Phi) is 4.52. The molecule has 1 aromatic carbocycles. The van der Waals surface area contributed by atoms with Gasteiger partial charge in [0.05, 0.1) is 19.9 Å². The third kappa shape index (κ3) is 3.03. The van der Waals surface area contributed by atoms with Crippen molar-refractivity contribution in [3.8, 4) is 11.5 Å². The number of nitrogens with zero attached hydrogens (tertiary/aromatic N) is 2. The molecule has 1 saturated heterocycles. The first-order valence-corrected chi connectivity index (χ1v) is 8.46. The molecule has 0 N–H and O–H groups in total. The summed E-state index contributed by atoms with van der Waals surface area (Å²) in [4.78, 5) is 14.9. The highest BCUT2D eigenvalue weighted by atomic mass is 32.2. The van der Waals surface area contributed by atoms with Crippen LogP contribution in [0, 0.1) is 0 Å². The maximum Gasteiger partial charge on any atom is 0.255 e. The molecule has 1 atom stereocenters. The molecular weight excluding hydrogens is 312 g/mol. The number of benzene rings is 1. The topological polar surface area (TPSA) is 43.7 Å². The molecule has 0 bridgehead atoms. The summed E-state index contributed by atoms with van der Waals surface area (Å²) in [5.41, 5.74) is 1.72. The molecule has 0 saturated carbocycles. The Morgan fingerprint density at radius 1 is 1.22 bits per heavy atom. The van der Waals surface area contributed by atoms with Crippen molar-refractivity contribution >= 4 is 17.7 Å². The zero-order valence-corrected chi connectivity index (χ0v) is 14.3. The highest BCUT2D eigenvalue weighted by Crippen LogP contribution is 2.39. The fraction of sp³-hybridized carbons (Fsp3) is 0.353. The van der Waals surface area contributed by atoms with Crippen LogP contribution in [0.5, 0.6) is 11.5 Å². The summed E-state index contributed by atoms with van der Waals surface area (Å²) in [6, 6.07) is 9.36. The lowest BCUT2D eigenvalue weighted by molar-refractivity contribution is 0.0756. The zero-order chi connectivity index (χ0) is 16.4. The number of hydrogen-bond acceptors (Lipinski definition) is 4. The molecular formula is C17H20N2O3S. The van der Waals surface area contributed by atoms with E-state index in [0.717, 1.165) is 18.0 Å². The minimum Gasteiger partial charge on any atom is -0.497 e. The SMILES string of the molecule is COc1cc(OC)cc(C(=O)N2CCS[C@@H]2c2cccn2C)c1. The molecule has 1 amide bonds. The monoisotopic (exact) mass is 332 g/mol. The van der Waals surface area contributed by atoms with E-state index in [1.807, 2.05) is 24.2 Å². The summed E-state index contributed by atoms with van der Waals surface area (Å²) in [5, 5.41) is 0.0414. The Balaban J connectivity index is 1.91. The van der Waals surface area contributed by atoms with Crippen molar-refractivity contribution in [2.24, 2.45) is 7.05 Å². The summed E-state index contributed by atoms with van der Waals surface area (Å²) >= 11 is 1.79. The number of thioether (sulfide) groups is 1. The minimum atomic E-state index is -0.00148. The number of carbonyl (C=O) groups excluding carboxylic acids is 1. The van der Waals surface area contributed by atoms with Crippen LogP contribution in [-0.2, 0) is 7.05 Å². The van der Waals surface area contributed by atoms with E-state index in [2.05, 4.69) is 10.6 Å². The summed E-state index contributed by atoms with van der Waals surface area (Å²) in [6.07, 6.45) is 2.01. The van der Waals surface area contributed by atoms with Crippen LogP contribution in [0.25, 0.3) is 0 Å². The minimum absolute atomic E-state index is 0.00148. The maximum absolute atomic E-state index is 13.0. The number of carbonyl (C=O) groups is 1. The van der Waals surface area contributed by atoms with Crippen LogP contribution in [0.1, 0.15) is 21.4 Å². The summed E-state index contributed by atoms with van der Waals surface area (Å²) in [5.74, 6) is 2.17. The van der Waals surface area contributed by atoms with Crippen LogP contribution in [0.4, 0.5) is 0 Å². The van der Waals surface area contributed by atoms with E-state index in [0.29, 0.717) is 17.1 Å². The Morgan fingerprint density at radius 3 is 2.48 bits per heavy atom. The van der Waals surface area contributed by atoms with Crippen molar-refractivity contribution in [3.05, 3.63) is 47.8 Å². The summed E-state index contributed by atoms with van der Waals surface area (Å²) in [7, 11) is 5.18. The number of methoxy groups -OCH3 is 2. The van der Waals surface area contributed by atoms with Gasteiger partial charge in [-0.3, -0.25) is 4.79 Å². The van der Waals surface area contributed by atoms with Gasteiger partial charge < -0.3 is 18.9 Å². The van der Waals surface area contributed by atoms with E-state index in [1.54, 1.807) is 44.2 Å². The molecule has 2 aromatic rings. The molecule has 0 unspecified atom stereocenters. The first kappa shape index (κ1) is 15.8. The normalized spacial score (nSPS) is 17.3. The van der Waals surface area contributed by atoms with Crippen LogP contribution in [-0.4, -0.2) is 41.9 Å². The highest BCUT2D eigenvalue weighted by Gasteiger charge is 2.32. The Labute approximate surface area is 140 Å². The number of aryl methyl sites for hydroxylation is 1. The Bertz CT molecular complexity index is 691. The van der Waals surface area contributed by atoms with E-state index >= 15 is 0 Å². The van der Waals surface area contributed by atoms with Crippen LogP contribution in [0.15, 0.2) is 36.5 Å². The summed E-state index contributed by atoms with van der Waals surface area (Å²) in [6.45, 7) is 0.735. The first-order valence-electron chi connectivity index (χ1n) is 7.41. The third-order valence-corrected chi connectivity index (χ3v) is 5.22. The molecule has 1 fully saturated rings. The number of aromatic nitrogens is 1. The molecule has 1 aromatic heterocycles. The highest BCUT2D eigenvalue weighted by molar-refractivity contribution is 7.99. The van der Waals surface area contributed by atoms with Gasteiger partial charge in [0.1, 0.15) is 16.9 Å². The average molecular weight is 332 g/mol. The fourth-order valence-electron chi connectivity index (χ4n) is 2.75. The van der Waals surface area contributed by atoms with Gasteiger partial charge in [-0.15, -0.1) is 11.8 Å². The predicted octanol–water partition coefficient (Wildman–Crippen LogP) is 2.93. The largest absolute Gasteiger partial charge is 0.497 e. The van der Waals surface area contributed by atoms with Crippen LogP contribution >= 0.6 is 11.8 Å². The fourth-order valence-corrected chi connectivity index (χ4v) is 4.07. The third-order valence-electron chi connectivity index (χ3n) is 3.99. The predicted molar refractivity (Wildman–Crippen MR) is 91.2 cm³/mol. The smallest absolute Gasteiger partial charge is 0.255 e. The van der Waals surface area contributed by atoms with Crippen molar-refractivity contribution in [2.75, 3.05) is 26.5 Å². The first-order chi connectivity index (χ1) is 11.1. The number of rotatable bonds is 4. The molecule has 5 nitrogen and oxygen atoms in total. The van der Waals surface area contributed by atoms with E-state index in [9.17, 15) is 4.79 Å². The van der Waals surface area contributed by atoms with Gasteiger partial charge in [0.15, 0.2) is 0 Å². The average Bonchev–Trinajstić information content (AvgIpc) is 3.21. The molecule has 2 heterocycles. The molecule has 122 valence electrons. The van der Waals surface area contributed by atoms with Gasteiger partial charge in [0.2, 0.25) is 0 Å². The molecule has 3 rings (SSSR count). The Hall–Kier alpha value is -2.08. The van der Waals surface area contributed by atoms with E-state index < -0.39 is 0 Å². The lowest BCUT2D eigenvalue weighted by Gasteiger charge is -2.24. The van der Waals surface area contributed by atoms with Crippen LogP contribution < -0.4 is 9.47 Å². The number of amides is 1. The van der Waals surface area contributed by atoms with Crippen molar-refractivity contribution in [1.29, 1.82) is 0 Å². The second kappa shape index (κ2) is 6.58. The van der Waals surface area contributed by atoms with Gasteiger partial charge in [0.25, 0.3) is 5.91 Å². The van der Waals surface area contributed by atoms with Crippen molar-refractivity contribution in [1.82, 2.24) is 9.47 Å². The summed E-state index contributed by atoms with van der Waals surface area (Å²) < 4.78 is 12.6. The van der Waals surface area contributed by atoms with E-state index in [-0.39, 0.29) is 11.3 Å². The molecule has 0 aliphatic carbocycles. The van der Waals surface area contributed by atoms with Gasteiger partial charge in [0, 0.05) is 37.2 Å². The quantitative estimate of drug-likeness (QED) is 0.863. The van der Waals surface area contributed by atoms with Crippen LogP contribution in [0.2, 0.25) is 0 Å². The lowest BCUT2D eigenvalue weighted by atomic mass is 10.1. The standard InChI is InChI=1S/C17H20N2O3S/c1-18-6-4-5-15(18)17-19(7-8-23-17)16(20)12-9-13(21-2)11-14(10-12)22-3/h4-6,9-11,17H,7-8H2,1-3H3/t17-/m1/s1. The van der Waals surface area contributed by atoms with Crippen LogP contribution in [0.3, 0.4) is 0 Å². The van der Waals surface area contributed by atoms with E-state index in [4.69, 9.17) is 9.47 Å². The molecule has 6 heteroatoms. The van der Waals surface area contributed by atoms with Gasteiger partial charge in [-0.2, -0.15) is 0 Å². The molecule has 23 heavy (non-hydrogen) atoms. The zero-order valence-electron chi connectivity index (χ0n) is 13.5. The van der Waals surface area contributed by atoms with Gasteiger partial charge in [-0.05, 0) is 24.3 Å². The number of ether oxygens (including phenoxy) is 2. The molecule has 1 aliphatic rings. The van der Waals surface area contributed by atoms with Gasteiger partial charge >= 0.3 is 0 Å². The lowest BCUT2D eigenvalue weighted by Crippen LogP contribution is -2.31. The van der Waals surface area contributed by atoms with Gasteiger partial charge in [-0.25, -0.2) is 0 Å². The van der Waals surface area contributed by atoms with Crippen molar-refractivity contribution < 1.29 is 14.3 Å². The van der Waals surface area contributed by atoms with Crippen molar-refractivity contribution in [3.63, 3.8) is 0 Å². The number of hydrogen-bond donors (Lipinski definition) is 0. The molecule has 1 aliphatic heterocycles. The second-order valence-electron chi connectivity index (χ2n) is 5.37. The molecule has 0 spiro atoms. The van der Waals surface area contributed by atoms with E-state index in [1.165, 1.54) is 0 Å². The molecule has 0 radical (unpaired) electrons.